The number of para-hydroxylation sites is 2. The molecule has 144 valence electrons. The lowest BCUT2D eigenvalue weighted by molar-refractivity contribution is -0.0514. The molecule has 2 aromatic rings. The fourth-order valence-corrected chi connectivity index (χ4v) is 2.29. The zero-order valence-electron chi connectivity index (χ0n) is 14.7. The van der Waals surface area contributed by atoms with Crippen molar-refractivity contribution in [2.45, 2.75) is 13.5 Å². The summed E-state index contributed by atoms with van der Waals surface area (Å²) >= 11 is 5.18. The molecule has 0 saturated heterocycles. The summed E-state index contributed by atoms with van der Waals surface area (Å²) in [6, 6.07) is 11.8. The zero-order valence-corrected chi connectivity index (χ0v) is 15.6. The molecule has 27 heavy (non-hydrogen) atoms. The summed E-state index contributed by atoms with van der Waals surface area (Å²) in [5.74, 6) is 0.809. The minimum atomic E-state index is -2.93. The second-order valence-electron chi connectivity index (χ2n) is 5.04. The molecule has 0 unspecified atom stereocenters. The van der Waals surface area contributed by atoms with Crippen molar-refractivity contribution in [3.63, 3.8) is 0 Å². The number of nitrogens with zero attached hydrogens (tertiary/aromatic N) is 1. The first-order valence-electron chi connectivity index (χ1n) is 7.98. The molecule has 2 aromatic carbocycles. The van der Waals surface area contributed by atoms with Crippen LogP contribution in [0, 0.1) is 0 Å². The molecule has 0 aliphatic rings. The van der Waals surface area contributed by atoms with Crippen LogP contribution >= 0.6 is 12.2 Å². The Labute approximate surface area is 161 Å². The van der Waals surface area contributed by atoms with Gasteiger partial charge in [-0.3, -0.25) is 5.43 Å². The van der Waals surface area contributed by atoms with Crippen molar-refractivity contribution in [3.8, 4) is 17.2 Å². The van der Waals surface area contributed by atoms with Crippen LogP contribution < -0.4 is 25.0 Å². The third-order valence-electron chi connectivity index (χ3n) is 3.22. The molecular weight excluding hydrogens is 376 g/mol. The van der Waals surface area contributed by atoms with E-state index >= 15 is 0 Å². The molecule has 0 heterocycles. The van der Waals surface area contributed by atoms with Gasteiger partial charge in [-0.2, -0.15) is 13.9 Å². The standard InChI is InChI=1S/C18H19F2N3O3S/c1-3-25-16-10-12(8-9-15(16)26-17(19)20)11-21-23-18(27)22-13-6-4-5-7-14(13)24-2/h4-11,17H,3H2,1-2H3,(H2,22,23,27)/b21-11-. The normalized spacial score (nSPS) is 10.7. The molecule has 9 heteroatoms. The average molecular weight is 395 g/mol. The van der Waals surface area contributed by atoms with Gasteiger partial charge in [0.05, 0.1) is 25.6 Å². The number of methoxy groups -OCH3 is 1. The highest BCUT2D eigenvalue weighted by molar-refractivity contribution is 7.80. The first kappa shape index (κ1) is 20.4. The molecule has 0 spiro atoms. The summed E-state index contributed by atoms with van der Waals surface area (Å²) in [4.78, 5) is 0. The first-order chi connectivity index (χ1) is 13.0. The van der Waals surface area contributed by atoms with Crippen molar-refractivity contribution in [1.29, 1.82) is 0 Å². The van der Waals surface area contributed by atoms with Crippen molar-refractivity contribution in [2.75, 3.05) is 19.0 Å². The molecule has 0 bridgehead atoms. The van der Waals surface area contributed by atoms with Crippen molar-refractivity contribution in [3.05, 3.63) is 48.0 Å². The number of ether oxygens (including phenoxy) is 3. The number of thiocarbonyl (C=S) groups is 1. The minimum Gasteiger partial charge on any atom is -0.495 e. The highest BCUT2D eigenvalue weighted by atomic mass is 32.1. The smallest absolute Gasteiger partial charge is 0.387 e. The number of hydrogen-bond donors (Lipinski definition) is 2. The number of alkyl halides is 2. The highest BCUT2D eigenvalue weighted by Crippen LogP contribution is 2.29. The van der Waals surface area contributed by atoms with Crippen LogP contribution in [0.3, 0.4) is 0 Å². The van der Waals surface area contributed by atoms with Crippen LogP contribution in [0.25, 0.3) is 0 Å². The van der Waals surface area contributed by atoms with Gasteiger partial charge >= 0.3 is 6.61 Å². The molecule has 0 atom stereocenters. The molecule has 6 nitrogen and oxygen atoms in total. The van der Waals surface area contributed by atoms with E-state index in [4.69, 9.17) is 21.7 Å². The molecule has 0 aliphatic heterocycles. The number of hydrazone groups is 1. The molecular formula is C18H19F2N3O3S. The van der Waals surface area contributed by atoms with Crippen LogP contribution in [0.4, 0.5) is 14.5 Å². The summed E-state index contributed by atoms with van der Waals surface area (Å²) in [6.45, 7) is -0.870. The molecule has 0 aromatic heterocycles. The topological polar surface area (TPSA) is 64.1 Å². The second-order valence-corrected chi connectivity index (χ2v) is 5.45. The minimum absolute atomic E-state index is 0.0367. The van der Waals surface area contributed by atoms with E-state index in [0.29, 0.717) is 23.6 Å². The summed E-state index contributed by atoms with van der Waals surface area (Å²) in [6.07, 6.45) is 1.48. The first-order valence-corrected chi connectivity index (χ1v) is 8.39. The van der Waals surface area contributed by atoms with E-state index < -0.39 is 6.61 Å². The van der Waals surface area contributed by atoms with E-state index in [-0.39, 0.29) is 16.6 Å². The average Bonchev–Trinajstić information content (AvgIpc) is 2.64. The molecule has 2 rings (SSSR count). The van der Waals surface area contributed by atoms with Crippen LogP contribution in [0.2, 0.25) is 0 Å². The SMILES string of the molecule is CCOc1cc(/C=N\NC(=S)Nc2ccccc2OC)ccc1OC(F)F. The predicted octanol–water partition coefficient (Wildman–Crippen LogP) is 4.02. The third kappa shape index (κ3) is 6.37. The Kier molecular flexibility index (Phi) is 7.75. The van der Waals surface area contributed by atoms with Gasteiger partial charge in [0.2, 0.25) is 0 Å². The number of benzene rings is 2. The Hall–Kier alpha value is -2.94. The molecule has 0 saturated carbocycles. The lowest BCUT2D eigenvalue weighted by atomic mass is 10.2. The lowest BCUT2D eigenvalue weighted by Crippen LogP contribution is -2.24. The van der Waals surface area contributed by atoms with Gasteiger partial charge in [0.15, 0.2) is 16.6 Å². The predicted molar refractivity (Wildman–Crippen MR) is 104 cm³/mol. The number of hydrogen-bond acceptors (Lipinski definition) is 5. The van der Waals surface area contributed by atoms with Crippen LogP contribution in [0.1, 0.15) is 12.5 Å². The fourth-order valence-electron chi connectivity index (χ4n) is 2.13. The van der Waals surface area contributed by atoms with Gasteiger partial charge < -0.3 is 19.5 Å². The van der Waals surface area contributed by atoms with Crippen molar-refractivity contribution in [1.82, 2.24) is 5.43 Å². The molecule has 0 fully saturated rings. The van der Waals surface area contributed by atoms with E-state index in [9.17, 15) is 8.78 Å². The molecule has 0 radical (unpaired) electrons. The Morgan fingerprint density at radius 1 is 1.19 bits per heavy atom. The van der Waals surface area contributed by atoms with Crippen molar-refractivity contribution >= 4 is 29.2 Å². The van der Waals surface area contributed by atoms with Gasteiger partial charge in [-0.05, 0) is 55.0 Å². The van der Waals surface area contributed by atoms with Gasteiger partial charge in [0.1, 0.15) is 5.75 Å². The number of rotatable bonds is 8. The van der Waals surface area contributed by atoms with Crippen molar-refractivity contribution in [2.24, 2.45) is 5.10 Å². The monoisotopic (exact) mass is 395 g/mol. The van der Waals surface area contributed by atoms with Gasteiger partial charge in [0.25, 0.3) is 0 Å². The van der Waals surface area contributed by atoms with E-state index in [0.717, 1.165) is 0 Å². The zero-order chi connectivity index (χ0) is 19.6. The number of nitrogens with one attached hydrogen (secondary N) is 2. The number of halogens is 2. The van der Waals surface area contributed by atoms with Crippen LogP contribution in [0.15, 0.2) is 47.6 Å². The van der Waals surface area contributed by atoms with Gasteiger partial charge in [-0.1, -0.05) is 12.1 Å². The maximum Gasteiger partial charge on any atom is 0.387 e. The van der Waals surface area contributed by atoms with E-state index in [2.05, 4.69) is 20.6 Å². The van der Waals surface area contributed by atoms with Gasteiger partial charge in [0, 0.05) is 0 Å². The third-order valence-corrected chi connectivity index (χ3v) is 3.41. The quantitative estimate of drug-likeness (QED) is 0.400. The second kappa shape index (κ2) is 10.3. The number of anilines is 1. The fraction of sp³-hybridized carbons (Fsp3) is 0.222. The highest BCUT2D eigenvalue weighted by Gasteiger charge is 2.11. The maximum atomic E-state index is 12.4. The largest absolute Gasteiger partial charge is 0.495 e. The van der Waals surface area contributed by atoms with Crippen LogP contribution in [-0.2, 0) is 0 Å². The Morgan fingerprint density at radius 2 is 1.96 bits per heavy atom. The maximum absolute atomic E-state index is 12.4. The summed E-state index contributed by atoms with van der Waals surface area (Å²) in [5.41, 5.74) is 3.98. The Bertz CT molecular complexity index is 803. The van der Waals surface area contributed by atoms with E-state index in [1.54, 1.807) is 32.2 Å². The van der Waals surface area contributed by atoms with Gasteiger partial charge in [-0.25, -0.2) is 0 Å². The summed E-state index contributed by atoms with van der Waals surface area (Å²) in [5, 5.41) is 7.25. The molecule has 2 N–H and O–H groups in total. The summed E-state index contributed by atoms with van der Waals surface area (Å²) < 4.78 is 39.8. The van der Waals surface area contributed by atoms with Crippen molar-refractivity contribution < 1.29 is 23.0 Å². The van der Waals surface area contributed by atoms with Crippen LogP contribution in [-0.4, -0.2) is 31.7 Å². The molecule has 0 amide bonds. The van der Waals surface area contributed by atoms with Crippen LogP contribution in [0.5, 0.6) is 17.2 Å². The Balaban J connectivity index is 2.00. The van der Waals surface area contributed by atoms with E-state index in [1.165, 1.54) is 12.3 Å². The van der Waals surface area contributed by atoms with Gasteiger partial charge in [-0.15, -0.1) is 0 Å². The summed E-state index contributed by atoms with van der Waals surface area (Å²) in [7, 11) is 1.56. The molecule has 0 aliphatic carbocycles. The Morgan fingerprint density at radius 3 is 2.67 bits per heavy atom. The lowest BCUT2D eigenvalue weighted by Gasteiger charge is -2.12. The van der Waals surface area contributed by atoms with E-state index in [1.807, 2.05) is 18.2 Å².